The summed E-state index contributed by atoms with van der Waals surface area (Å²) in [6, 6.07) is 5.61. The lowest BCUT2D eigenvalue weighted by Crippen LogP contribution is -2.34. The highest BCUT2D eigenvalue weighted by molar-refractivity contribution is 6.05. The van der Waals surface area contributed by atoms with Crippen LogP contribution in [0, 0.1) is 5.41 Å². The summed E-state index contributed by atoms with van der Waals surface area (Å²) in [5.74, 6) is 0.638. The lowest BCUT2D eigenvalue weighted by Gasteiger charge is -2.33. The number of ether oxygens (including phenoxy) is 2. The van der Waals surface area contributed by atoms with E-state index in [1.807, 2.05) is 24.3 Å². The maximum atomic E-state index is 12.9. The third-order valence-corrected chi connectivity index (χ3v) is 4.72. The van der Waals surface area contributed by atoms with Crippen molar-refractivity contribution in [2.24, 2.45) is 5.41 Å². The molecule has 0 aliphatic heterocycles. The number of benzene rings is 1. The van der Waals surface area contributed by atoms with E-state index in [1.165, 1.54) is 0 Å². The van der Waals surface area contributed by atoms with Crippen molar-refractivity contribution in [2.75, 3.05) is 13.7 Å². The molecule has 4 heteroatoms. The van der Waals surface area contributed by atoms with Crippen LogP contribution in [0.25, 0.3) is 0 Å². The average molecular weight is 300 g/mol. The highest BCUT2D eigenvalue weighted by atomic mass is 16.5. The van der Waals surface area contributed by atoms with Crippen molar-refractivity contribution in [1.82, 2.24) is 0 Å². The van der Waals surface area contributed by atoms with Crippen LogP contribution in [0.15, 0.2) is 29.8 Å². The van der Waals surface area contributed by atoms with Gasteiger partial charge in [0.15, 0.2) is 5.78 Å². The minimum atomic E-state index is -0.455. The summed E-state index contributed by atoms with van der Waals surface area (Å²) in [7, 11) is 1.63. The number of allylic oxidation sites excluding steroid dienone is 1. The van der Waals surface area contributed by atoms with Gasteiger partial charge in [-0.3, -0.25) is 4.79 Å². The number of Topliss-reactive ketones (excluding diaryl/α,β-unsaturated/α-hetero) is 1. The first-order chi connectivity index (χ1) is 10.6. The Labute approximate surface area is 130 Å². The lowest BCUT2D eigenvalue weighted by molar-refractivity contribution is -0.138. The fourth-order valence-electron chi connectivity index (χ4n) is 3.47. The van der Waals surface area contributed by atoms with Crippen molar-refractivity contribution >= 4 is 11.8 Å². The van der Waals surface area contributed by atoms with Crippen LogP contribution in [-0.2, 0) is 16.0 Å². The molecule has 0 N–H and O–H groups in total. The lowest BCUT2D eigenvalue weighted by atomic mass is 9.68. The van der Waals surface area contributed by atoms with Crippen molar-refractivity contribution in [3.8, 4) is 5.75 Å². The van der Waals surface area contributed by atoms with E-state index in [4.69, 9.17) is 9.47 Å². The van der Waals surface area contributed by atoms with Crippen molar-refractivity contribution in [1.29, 1.82) is 0 Å². The second kappa shape index (κ2) is 5.59. The predicted molar refractivity (Wildman–Crippen MR) is 82.0 cm³/mol. The van der Waals surface area contributed by atoms with E-state index < -0.39 is 5.41 Å². The van der Waals surface area contributed by atoms with Crippen LogP contribution >= 0.6 is 0 Å². The highest BCUT2D eigenvalue weighted by Gasteiger charge is 2.46. The van der Waals surface area contributed by atoms with Crippen LogP contribution in [0.1, 0.15) is 42.1 Å². The van der Waals surface area contributed by atoms with E-state index in [-0.39, 0.29) is 11.8 Å². The number of methoxy groups -OCH3 is 1. The van der Waals surface area contributed by atoms with Gasteiger partial charge in [-0.05, 0) is 56.4 Å². The Balaban J connectivity index is 1.84. The molecule has 1 aromatic carbocycles. The molecule has 116 valence electrons. The number of esters is 1. The van der Waals surface area contributed by atoms with Gasteiger partial charge in [-0.2, -0.15) is 0 Å². The number of ketones is 1. The summed E-state index contributed by atoms with van der Waals surface area (Å²) in [5.41, 5.74) is 2.00. The molecule has 0 aromatic heterocycles. The maximum absolute atomic E-state index is 12.9. The quantitative estimate of drug-likeness (QED) is 0.805. The molecular formula is C18H20O4. The molecule has 1 spiro atoms. The van der Waals surface area contributed by atoms with Gasteiger partial charge in [0.2, 0.25) is 0 Å². The Hall–Kier alpha value is -2.10. The van der Waals surface area contributed by atoms with Gasteiger partial charge in [0, 0.05) is 16.6 Å². The number of rotatable bonds is 3. The molecule has 4 nitrogen and oxygen atoms in total. The van der Waals surface area contributed by atoms with Crippen LogP contribution in [0.2, 0.25) is 0 Å². The molecule has 0 saturated heterocycles. The molecule has 1 aromatic rings. The second-order valence-corrected chi connectivity index (χ2v) is 5.96. The first-order valence-electron chi connectivity index (χ1n) is 7.67. The van der Waals surface area contributed by atoms with Crippen LogP contribution in [0.3, 0.4) is 0 Å². The Bertz CT molecular complexity index is 659. The van der Waals surface area contributed by atoms with Crippen LogP contribution < -0.4 is 4.74 Å². The van der Waals surface area contributed by atoms with Gasteiger partial charge in [-0.25, -0.2) is 4.79 Å². The minimum absolute atomic E-state index is 0.145. The smallest absolute Gasteiger partial charge is 0.333 e. The molecule has 0 amide bonds. The summed E-state index contributed by atoms with van der Waals surface area (Å²) < 4.78 is 10.3. The van der Waals surface area contributed by atoms with E-state index in [9.17, 15) is 9.59 Å². The Kier molecular flexibility index (Phi) is 3.77. The topological polar surface area (TPSA) is 52.6 Å². The zero-order chi connectivity index (χ0) is 15.7. The Morgan fingerprint density at radius 3 is 2.91 bits per heavy atom. The summed E-state index contributed by atoms with van der Waals surface area (Å²) in [5, 5.41) is 0. The third-order valence-electron chi connectivity index (χ3n) is 4.72. The Morgan fingerprint density at radius 1 is 1.36 bits per heavy atom. The zero-order valence-corrected chi connectivity index (χ0v) is 13.0. The van der Waals surface area contributed by atoms with Gasteiger partial charge in [0.25, 0.3) is 0 Å². The SMILES string of the molecule is CCOC(=O)C1=CCC2(CCc3cc(OC)ccc3C2=O)C1. The molecule has 2 aliphatic rings. The molecule has 0 saturated carbocycles. The van der Waals surface area contributed by atoms with Crippen LogP contribution in [0.4, 0.5) is 0 Å². The predicted octanol–water partition coefficient (Wildman–Crippen LogP) is 3.09. The summed E-state index contributed by atoms with van der Waals surface area (Å²) in [6.45, 7) is 2.15. The van der Waals surface area contributed by atoms with Crippen molar-refractivity contribution in [2.45, 2.75) is 32.6 Å². The molecule has 0 heterocycles. The van der Waals surface area contributed by atoms with Gasteiger partial charge in [0.05, 0.1) is 13.7 Å². The Morgan fingerprint density at radius 2 is 2.18 bits per heavy atom. The monoisotopic (exact) mass is 300 g/mol. The maximum Gasteiger partial charge on any atom is 0.333 e. The van der Waals surface area contributed by atoms with Crippen LogP contribution in [0.5, 0.6) is 5.75 Å². The van der Waals surface area contributed by atoms with Gasteiger partial charge < -0.3 is 9.47 Å². The van der Waals surface area contributed by atoms with E-state index in [0.717, 1.165) is 29.7 Å². The normalized spacial score (nSPS) is 23.2. The molecule has 1 atom stereocenters. The first kappa shape index (κ1) is 14.8. The number of fused-ring (bicyclic) bond motifs is 1. The molecule has 0 bridgehead atoms. The first-order valence-corrected chi connectivity index (χ1v) is 7.67. The van der Waals surface area contributed by atoms with Crippen molar-refractivity contribution in [3.63, 3.8) is 0 Å². The number of hydrogen-bond acceptors (Lipinski definition) is 4. The molecule has 2 aliphatic carbocycles. The molecular weight excluding hydrogens is 280 g/mol. The molecule has 3 rings (SSSR count). The van der Waals surface area contributed by atoms with Crippen molar-refractivity contribution < 1.29 is 19.1 Å². The zero-order valence-electron chi connectivity index (χ0n) is 13.0. The molecule has 1 unspecified atom stereocenters. The standard InChI is InChI=1S/C18H20O4/c1-3-22-17(20)13-7-9-18(11-13)8-6-12-10-14(21-2)4-5-15(12)16(18)19/h4-5,7,10H,3,6,8-9,11H2,1-2H3. The summed E-state index contributed by atoms with van der Waals surface area (Å²) >= 11 is 0. The largest absolute Gasteiger partial charge is 0.497 e. The third kappa shape index (κ3) is 2.32. The van der Waals surface area contributed by atoms with Gasteiger partial charge in [-0.15, -0.1) is 0 Å². The highest BCUT2D eigenvalue weighted by Crippen LogP contribution is 2.47. The van der Waals surface area contributed by atoms with E-state index >= 15 is 0 Å². The molecule has 0 fully saturated rings. The fourth-order valence-corrected chi connectivity index (χ4v) is 3.47. The number of aryl methyl sites for hydroxylation is 1. The van der Waals surface area contributed by atoms with Crippen LogP contribution in [-0.4, -0.2) is 25.5 Å². The molecule has 0 radical (unpaired) electrons. The minimum Gasteiger partial charge on any atom is -0.497 e. The van der Waals surface area contributed by atoms with E-state index in [1.54, 1.807) is 14.0 Å². The second-order valence-electron chi connectivity index (χ2n) is 5.96. The van der Waals surface area contributed by atoms with Gasteiger partial charge in [-0.1, -0.05) is 6.08 Å². The average Bonchev–Trinajstić information content (AvgIpc) is 2.97. The summed E-state index contributed by atoms with van der Waals surface area (Å²) in [4.78, 5) is 24.8. The fraction of sp³-hybridized carbons (Fsp3) is 0.444. The molecule has 22 heavy (non-hydrogen) atoms. The van der Waals surface area contributed by atoms with E-state index in [2.05, 4.69) is 0 Å². The van der Waals surface area contributed by atoms with Crippen molar-refractivity contribution in [3.05, 3.63) is 41.0 Å². The number of carbonyl (C=O) groups excluding carboxylic acids is 2. The summed E-state index contributed by atoms with van der Waals surface area (Å²) in [6.07, 6.45) is 4.61. The van der Waals surface area contributed by atoms with E-state index in [0.29, 0.717) is 25.0 Å². The van der Waals surface area contributed by atoms with Gasteiger partial charge in [0.1, 0.15) is 5.75 Å². The number of hydrogen-bond donors (Lipinski definition) is 0. The van der Waals surface area contributed by atoms with Gasteiger partial charge >= 0.3 is 5.97 Å². The number of carbonyl (C=O) groups is 2.